The standard InChI is InChI=1S/C12H9ClN2O5S/c1-5-4-8(6(2)3-7(5)15(18)19)20-12-14-10(13)9(21-12)11(16)17/h3-4H,1-2H3,(H,16,17). The molecule has 9 heteroatoms. The van der Waals surface area contributed by atoms with Gasteiger partial charge in [0.1, 0.15) is 5.75 Å². The Bertz CT molecular complexity index is 743. The number of hydrogen-bond donors (Lipinski definition) is 1. The summed E-state index contributed by atoms with van der Waals surface area (Å²) in [6.45, 7) is 3.23. The van der Waals surface area contributed by atoms with Crippen LogP contribution in [0, 0.1) is 24.0 Å². The zero-order valence-corrected chi connectivity index (χ0v) is 12.5. The highest BCUT2D eigenvalue weighted by molar-refractivity contribution is 7.15. The van der Waals surface area contributed by atoms with Gasteiger partial charge in [-0.1, -0.05) is 22.9 Å². The lowest BCUT2D eigenvalue weighted by Crippen LogP contribution is -1.95. The maximum Gasteiger partial charge on any atom is 0.349 e. The van der Waals surface area contributed by atoms with E-state index in [-0.39, 0.29) is 20.9 Å². The number of benzene rings is 1. The molecule has 0 unspecified atom stereocenters. The third-order valence-corrected chi connectivity index (χ3v) is 3.95. The maximum atomic E-state index is 10.9. The Morgan fingerprint density at radius 3 is 2.62 bits per heavy atom. The van der Waals surface area contributed by atoms with Gasteiger partial charge in [-0.25, -0.2) is 4.79 Å². The first-order valence-electron chi connectivity index (χ1n) is 5.62. The molecule has 0 spiro atoms. The zero-order chi connectivity index (χ0) is 15.7. The van der Waals surface area contributed by atoms with Crippen molar-refractivity contribution in [2.45, 2.75) is 13.8 Å². The zero-order valence-electron chi connectivity index (χ0n) is 10.9. The Kier molecular flexibility index (Phi) is 4.10. The van der Waals surface area contributed by atoms with Crippen molar-refractivity contribution in [1.29, 1.82) is 0 Å². The summed E-state index contributed by atoms with van der Waals surface area (Å²) in [5.41, 5.74) is 0.959. The summed E-state index contributed by atoms with van der Waals surface area (Å²) in [6.07, 6.45) is 0. The minimum atomic E-state index is -1.19. The molecule has 0 aliphatic rings. The molecule has 0 atom stereocenters. The van der Waals surface area contributed by atoms with Crippen LogP contribution in [0.25, 0.3) is 0 Å². The topological polar surface area (TPSA) is 103 Å². The number of halogens is 1. The average Bonchev–Trinajstić information content (AvgIpc) is 2.74. The number of aryl methyl sites for hydroxylation is 2. The molecule has 2 aromatic rings. The maximum absolute atomic E-state index is 10.9. The molecule has 0 saturated carbocycles. The fourth-order valence-electron chi connectivity index (χ4n) is 1.63. The van der Waals surface area contributed by atoms with Crippen molar-refractivity contribution in [2.75, 3.05) is 0 Å². The number of rotatable bonds is 4. The highest BCUT2D eigenvalue weighted by atomic mass is 35.5. The van der Waals surface area contributed by atoms with Crippen LogP contribution in [0.4, 0.5) is 5.69 Å². The Morgan fingerprint density at radius 2 is 2.10 bits per heavy atom. The second-order valence-corrected chi connectivity index (χ2v) is 5.49. The highest BCUT2D eigenvalue weighted by Gasteiger charge is 2.19. The van der Waals surface area contributed by atoms with Gasteiger partial charge < -0.3 is 9.84 Å². The summed E-state index contributed by atoms with van der Waals surface area (Å²) in [4.78, 5) is 24.9. The van der Waals surface area contributed by atoms with E-state index >= 15 is 0 Å². The number of carboxylic acid groups (broad SMARTS) is 1. The number of aromatic nitrogens is 1. The molecule has 0 bridgehead atoms. The van der Waals surface area contributed by atoms with Crippen LogP contribution in [0.5, 0.6) is 10.9 Å². The van der Waals surface area contributed by atoms with E-state index in [0.717, 1.165) is 11.3 Å². The summed E-state index contributed by atoms with van der Waals surface area (Å²) < 4.78 is 5.47. The predicted octanol–water partition coefficient (Wildman–Crippen LogP) is 3.81. The van der Waals surface area contributed by atoms with E-state index < -0.39 is 10.9 Å². The second-order valence-electron chi connectivity index (χ2n) is 4.17. The van der Waals surface area contributed by atoms with Gasteiger partial charge in [-0.15, -0.1) is 0 Å². The van der Waals surface area contributed by atoms with Crippen molar-refractivity contribution in [3.05, 3.63) is 43.4 Å². The van der Waals surface area contributed by atoms with Crippen LogP contribution >= 0.6 is 22.9 Å². The number of hydrogen-bond acceptors (Lipinski definition) is 6. The smallest absolute Gasteiger partial charge is 0.349 e. The van der Waals surface area contributed by atoms with E-state index in [0.29, 0.717) is 16.9 Å². The minimum absolute atomic E-state index is 0.0109. The molecule has 0 aliphatic heterocycles. The van der Waals surface area contributed by atoms with Gasteiger partial charge in [0.15, 0.2) is 10.0 Å². The molecular weight excluding hydrogens is 320 g/mol. The lowest BCUT2D eigenvalue weighted by molar-refractivity contribution is -0.385. The number of thiazole rings is 1. The third-order valence-electron chi connectivity index (χ3n) is 2.65. The molecule has 0 fully saturated rings. The highest BCUT2D eigenvalue weighted by Crippen LogP contribution is 2.35. The quantitative estimate of drug-likeness (QED) is 0.676. The molecule has 7 nitrogen and oxygen atoms in total. The number of aromatic carboxylic acids is 1. The number of nitro benzene ring substituents is 1. The van der Waals surface area contributed by atoms with Gasteiger partial charge in [-0.3, -0.25) is 10.1 Å². The van der Waals surface area contributed by atoms with Crippen LogP contribution in [-0.4, -0.2) is 21.0 Å². The van der Waals surface area contributed by atoms with Crippen LogP contribution < -0.4 is 4.74 Å². The molecule has 110 valence electrons. The van der Waals surface area contributed by atoms with Crippen molar-refractivity contribution >= 4 is 34.6 Å². The Labute approximate surface area is 127 Å². The van der Waals surface area contributed by atoms with Crippen molar-refractivity contribution in [1.82, 2.24) is 4.98 Å². The van der Waals surface area contributed by atoms with Crippen LogP contribution in [-0.2, 0) is 0 Å². The van der Waals surface area contributed by atoms with Gasteiger partial charge in [0, 0.05) is 11.6 Å². The fraction of sp³-hybridized carbons (Fsp3) is 0.167. The van der Waals surface area contributed by atoms with Gasteiger partial charge in [0.2, 0.25) is 0 Å². The molecule has 0 saturated heterocycles. The van der Waals surface area contributed by atoms with Crippen molar-refractivity contribution in [3.8, 4) is 10.9 Å². The molecule has 0 radical (unpaired) electrons. The lowest BCUT2D eigenvalue weighted by Gasteiger charge is -2.07. The van der Waals surface area contributed by atoms with E-state index in [1.807, 2.05) is 0 Å². The summed E-state index contributed by atoms with van der Waals surface area (Å²) >= 11 is 6.48. The van der Waals surface area contributed by atoms with Crippen molar-refractivity contribution in [3.63, 3.8) is 0 Å². The lowest BCUT2D eigenvalue weighted by atomic mass is 10.1. The van der Waals surface area contributed by atoms with Gasteiger partial charge in [-0.05, 0) is 25.5 Å². The first-order chi connectivity index (χ1) is 9.79. The SMILES string of the molecule is Cc1cc([N+](=O)[O-])c(C)cc1Oc1nc(Cl)c(C(=O)O)s1. The summed E-state index contributed by atoms with van der Waals surface area (Å²) in [7, 11) is 0. The van der Waals surface area contributed by atoms with Crippen molar-refractivity contribution < 1.29 is 19.6 Å². The van der Waals surface area contributed by atoms with Gasteiger partial charge in [0.25, 0.3) is 10.9 Å². The predicted molar refractivity (Wildman–Crippen MR) is 76.7 cm³/mol. The fourth-order valence-corrected chi connectivity index (χ4v) is 2.62. The Hall–Kier alpha value is -2.19. The summed E-state index contributed by atoms with van der Waals surface area (Å²) in [6, 6.07) is 2.89. The first kappa shape index (κ1) is 15.2. The molecule has 1 heterocycles. The molecule has 2 rings (SSSR count). The molecule has 21 heavy (non-hydrogen) atoms. The van der Waals surface area contributed by atoms with E-state index in [4.69, 9.17) is 21.4 Å². The number of carboxylic acids is 1. The number of nitro groups is 1. The number of carbonyl (C=O) groups is 1. The minimum Gasteiger partial charge on any atom is -0.477 e. The Balaban J connectivity index is 2.36. The monoisotopic (exact) mass is 328 g/mol. The van der Waals surface area contributed by atoms with Gasteiger partial charge in [0.05, 0.1) is 4.92 Å². The van der Waals surface area contributed by atoms with Crippen LogP contribution in [0.3, 0.4) is 0 Å². The average molecular weight is 329 g/mol. The Morgan fingerprint density at radius 1 is 1.43 bits per heavy atom. The van der Waals surface area contributed by atoms with Crippen LogP contribution in [0.2, 0.25) is 5.15 Å². The summed E-state index contributed by atoms with van der Waals surface area (Å²) in [5, 5.41) is 19.6. The second kappa shape index (κ2) is 5.66. The summed E-state index contributed by atoms with van der Waals surface area (Å²) in [5.74, 6) is -0.829. The van der Waals surface area contributed by atoms with E-state index in [1.54, 1.807) is 13.8 Å². The van der Waals surface area contributed by atoms with E-state index in [9.17, 15) is 14.9 Å². The van der Waals surface area contributed by atoms with E-state index in [2.05, 4.69) is 4.98 Å². The molecular formula is C12H9ClN2O5S. The molecule has 1 aromatic carbocycles. The first-order valence-corrected chi connectivity index (χ1v) is 6.82. The van der Waals surface area contributed by atoms with Crippen LogP contribution in [0.1, 0.15) is 20.8 Å². The molecule has 1 aromatic heterocycles. The number of ether oxygens (including phenoxy) is 1. The van der Waals surface area contributed by atoms with Gasteiger partial charge >= 0.3 is 5.97 Å². The number of nitrogens with zero attached hydrogens (tertiary/aromatic N) is 2. The normalized spacial score (nSPS) is 10.4. The molecule has 0 aliphatic carbocycles. The third kappa shape index (κ3) is 3.11. The van der Waals surface area contributed by atoms with Gasteiger partial charge in [-0.2, -0.15) is 4.98 Å². The largest absolute Gasteiger partial charge is 0.477 e. The van der Waals surface area contributed by atoms with Crippen LogP contribution in [0.15, 0.2) is 12.1 Å². The molecule has 1 N–H and O–H groups in total. The van der Waals surface area contributed by atoms with Crippen molar-refractivity contribution in [2.24, 2.45) is 0 Å². The molecule has 0 amide bonds. The van der Waals surface area contributed by atoms with E-state index in [1.165, 1.54) is 12.1 Å².